The van der Waals surface area contributed by atoms with Gasteiger partial charge in [-0.1, -0.05) is 46.9 Å². The Hall–Kier alpha value is -2.35. The summed E-state index contributed by atoms with van der Waals surface area (Å²) >= 11 is 18.0. The number of carbonyl (C=O) groups excluding carboxylic acids is 1. The van der Waals surface area contributed by atoms with Gasteiger partial charge in [-0.25, -0.2) is 0 Å². The first-order valence-electron chi connectivity index (χ1n) is 7.85. The van der Waals surface area contributed by atoms with Gasteiger partial charge in [0.1, 0.15) is 10.8 Å². The monoisotopic (exact) mass is 445 g/mol. The number of nitrogens with zero attached hydrogens (tertiary/aromatic N) is 2. The molecule has 1 amide bonds. The first-order valence-corrected chi connectivity index (χ1v) is 8.98. The molecule has 3 aromatic rings. The van der Waals surface area contributed by atoms with Gasteiger partial charge in [-0.05, 0) is 35.9 Å². The fourth-order valence-corrected chi connectivity index (χ4v) is 2.90. The lowest BCUT2D eigenvalue weighted by Gasteiger charge is -2.07. The van der Waals surface area contributed by atoms with E-state index in [-0.39, 0.29) is 22.2 Å². The molecule has 0 fully saturated rings. The maximum absolute atomic E-state index is 12.4. The van der Waals surface area contributed by atoms with E-state index in [1.54, 1.807) is 18.2 Å². The predicted molar refractivity (Wildman–Crippen MR) is 104 cm³/mol. The maximum Gasteiger partial charge on any atom is 0.387 e. The van der Waals surface area contributed by atoms with Gasteiger partial charge < -0.3 is 10.1 Å². The van der Waals surface area contributed by atoms with Crippen molar-refractivity contribution in [1.82, 2.24) is 9.78 Å². The van der Waals surface area contributed by atoms with E-state index < -0.39 is 12.5 Å². The minimum absolute atomic E-state index is 0.119. The quantitative estimate of drug-likeness (QED) is 0.525. The molecule has 1 heterocycles. The van der Waals surface area contributed by atoms with Gasteiger partial charge in [0.15, 0.2) is 5.82 Å². The molecule has 10 heteroatoms. The Labute approximate surface area is 173 Å². The van der Waals surface area contributed by atoms with Crippen LogP contribution in [-0.4, -0.2) is 22.3 Å². The zero-order chi connectivity index (χ0) is 20.3. The topological polar surface area (TPSA) is 56.2 Å². The lowest BCUT2D eigenvalue weighted by Crippen LogP contribution is -2.13. The largest absolute Gasteiger partial charge is 0.435 e. The number of amides is 1. The van der Waals surface area contributed by atoms with Crippen LogP contribution in [0.25, 0.3) is 0 Å². The molecule has 28 heavy (non-hydrogen) atoms. The predicted octanol–water partition coefficient (Wildman–Crippen LogP) is 5.75. The Bertz CT molecular complexity index is 1010. The van der Waals surface area contributed by atoms with Crippen molar-refractivity contribution in [2.45, 2.75) is 13.2 Å². The SMILES string of the molecule is O=C(Nc1nn(Cc2ccc(Cl)c(Cl)c2)cc1Cl)c1cccc(OC(F)F)c1. The van der Waals surface area contributed by atoms with Crippen molar-refractivity contribution in [2.24, 2.45) is 0 Å². The number of anilines is 1. The highest BCUT2D eigenvalue weighted by Crippen LogP contribution is 2.25. The highest BCUT2D eigenvalue weighted by molar-refractivity contribution is 6.42. The van der Waals surface area contributed by atoms with Crippen molar-refractivity contribution >= 4 is 46.5 Å². The standard InChI is InChI=1S/C18H12Cl3F2N3O2/c19-13-5-4-10(6-14(13)20)8-26-9-15(21)16(25-26)24-17(27)11-2-1-3-12(7-11)28-18(22)23/h1-7,9,18H,8H2,(H,24,25,27). The second-order valence-electron chi connectivity index (χ2n) is 5.63. The van der Waals surface area contributed by atoms with Crippen molar-refractivity contribution < 1.29 is 18.3 Å². The van der Waals surface area contributed by atoms with Crippen LogP contribution in [0.3, 0.4) is 0 Å². The highest BCUT2D eigenvalue weighted by Gasteiger charge is 2.14. The second-order valence-corrected chi connectivity index (χ2v) is 6.85. The molecule has 0 aliphatic rings. The van der Waals surface area contributed by atoms with Gasteiger partial charge in [0.2, 0.25) is 0 Å². The van der Waals surface area contributed by atoms with Crippen molar-refractivity contribution in [2.75, 3.05) is 5.32 Å². The van der Waals surface area contributed by atoms with Crippen LogP contribution in [-0.2, 0) is 6.54 Å². The van der Waals surface area contributed by atoms with Gasteiger partial charge >= 0.3 is 6.61 Å². The van der Waals surface area contributed by atoms with E-state index in [9.17, 15) is 13.6 Å². The number of alkyl halides is 2. The Morgan fingerprint density at radius 1 is 1.11 bits per heavy atom. The van der Waals surface area contributed by atoms with E-state index in [0.29, 0.717) is 16.6 Å². The summed E-state index contributed by atoms with van der Waals surface area (Å²) in [4.78, 5) is 12.4. The van der Waals surface area contributed by atoms with Gasteiger partial charge in [0.05, 0.1) is 16.6 Å². The molecule has 5 nitrogen and oxygen atoms in total. The molecule has 0 saturated heterocycles. The number of carbonyl (C=O) groups is 1. The van der Waals surface area contributed by atoms with Crippen molar-refractivity contribution in [1.29, 1.82) is 0 Å². The van der Waals surface area contributed by atoms with Crippen LogP contribution < -0.4 is 10.1 Å². The molecular formula is C18H12Cl3F2N3O2. The zero-order valence-corrected chi connectivity index (χ0v) is 16.3. The van der Waals surface area contributed by atoms with Crippen LogP contribution in [0.5, 0.6) is 5.75 Å². The second kappa shape index (κ2) is 8.77. The molecular weight excluding hydrogens is 435 g/mol. The summed E-state index contributed by atoms with van der Waals surface area (Å²) in [6.45, 7) is -2.63. The molecule has 2 aromatic carbocycles. The number of rotatable bonds is 6. The summed E-state index contributed by atoms with van der Waals surface area (Å²) in [5.74, 6) is -0.563. The molecule has 0 atom stereocenters. The first kappa shape index (κ1) is 20.4. The number of ether oxygens (including phenoxy) is 1. The third-order valence-corrected chi connectivity index (χ3v) is 4.61. The minimum Gasteiger partial charge on any atom is -0.435 e. The summed E-state index contributed by atoms with van der Waals surface area (Å²) in [7, 11) is 0. The molecule has 0 saturated carbocycles. The summed E-state index contributed by atoms with van der Waals surface area (Å²) in [5.41, 5.74) is 0.955. The number of halogens is 5. The minimum atomic E-state index is -2.98. The molecule has 146 valence electrons. The normalized spacial score (nSPS) is 10.9. The number of benzene rings is 2. The van der Waals surface area contributed by atoms with Crippen LogP contribution in [0, 0.1) is 0 Å². The fourth-order valence-electron chi connectivity index (χ4n) is 2.38. The van der Waals surface area contributed by atoms with Gasteiger partial charge in [-0.3, -0.25) is 9.48 Å². The lowest BCUT2D eigenvalue weighted by atomic mass is 10.2. The molecule has 0 unspecified atom stereocenters. The van der Waals surface area contributed by atoms with E-state index in [2.05, 4.69) is 15.2 Å². The van der Waals surface area contributed by atoms with Crippen molar-refractivity contribution in [3.63, 3.8) is 0 Å². The average molecular weight is 447 g/mol. The van der Waals surface area contributed by atoms with E-state index in [4.69, 9.17) is 34.8 Å². The molecule has 1 N–H and O–H groups in total. The molecule has 0 aliphatic heterocycles. The molecule has 0 radical (unpaired) electrons. The fraction of sp³-hybridized carbons (Fsp3) is 0.111. The molecule has 1 aromatic heterocycles. The van der Waals surface area contributed by atoms with E-state index >= 15 is 0 Å². The van der Waals surface area contributed by atoms with Crippen molar-refractivity contribution in [3.8, 4) is 5.75 Å². The van der Waals surface area contributed by atoms with Crippen LogP contribution in [0.4, 0.5) is 14.6 Å². The number of nitrogens with one attached hydrogen (secondary N) is 1. The molecule has 0 aliphatic carbocycles. The summed E-state index contributed by atoms with van der Waals surface area (Å²) in [6, 6.07) is 10.6. The van der Waals surface area contributed by atoms with Crippen LogP contribution in [0.15, 0.2) is 48.7 Å². The molecule has 0 bridgehead atoms. The highest BCUT2D eigenvalue weighted by atomic mass is 35.5. The van der Waals surface area contributed by atoms with Crippen LogP contribution in [0.2, 0.25) is 15.1 Å². The van der Waals surface area contributed by atoms with Gasteiger partial charge in [0, 0.05) is 11.8 Å². The Balaban J connectivity index is 1.72. The van der Waals surface area contributed by atoms with E-state index in [1.165, 1.54) is 35.1 Å². The zero-order valence-electron chi connectivity index (χ0n) is 14.0. The third-order valence-electron chi connectivity index (χ3n) is 3.60. The smallest absolute Gasteiger partial charge is 0.387 e. The van der Waals surface area contributed by atoms with Crippen LogP contribution >= 0.6 is 34.8 Å². The lowest BCUT2D eigenvalue weighted by molar-refractivity contribution is -0.0498. The first-order chi connectivity index (χ1) is 13.3. The van der Waals surface area contributed by atoms with Gasteiger partial charge in [0.25, 0.3) is 5.91 Å². The van der Waals surface area contributed by atoms with Crippen molar-refractivity contribution in [3.05, 3.63) is 74.9 Å². The maximum atomic E-state index is 12.4. The average Bonchev–Trinajstić information content (AvgIpc) is 2.97. The van der Waals surface area contributed by atoms with E-state index in [1.807, 2.05) is 0 Å². The summed E-state index contributed by atoms with van der Waals surface area (Å²) in [5, 5.41) is 7.83. The number of aromatic nitrogens is 2. The Kier molecular flexibility index (Phi) is 6.39. The summed E-state index contributed by atoms with van der Waals surface area (Å²) < 4.78 is 30.4. The Morgan fingerprint density at radius 3 is 2.61 bits per heavy atom. The van der Waals surface area contributed by atoms with Crippen LogP contribution in [0.1, 0.15) is 15.9 Å². The van der Waals surface area contributed by atoms with Gasteiger partial charge in [-0.15, -0.1) is 0 Å². The third kappa shape index (κ3) is 5.13. The molecule has 3 rings (SSSR count). The molecule has 0 spiro atoms. The number of hydrogen-bond donors (Lipinski definition) is 1. The number of hydrogen-bond acceptors (Lipinski definition) is 3. The Morgan fingerprint density at radius 2 is 1.89 bits per heavy atom. The summed E-state index contributed by atoms with van der Waals surface area (Å²) in [6.07, 6.45) is 1.54. The van der Waals surface area contributed by atoms with E-state index in [0.717, 1.165) is 5.56 Å². The van der Waals surface area contributed by atoms with Gasteiger partial charge in [-0.2, -0.15) is 13.9 Å².